The van der Waals surface area contributed by atoms with Crippen LogP contribution in [-0.2, 0) is 11.4 Å². The van der Waals surface area contributed by atoms with E-state index in [9.17, 15) is 25.2 Å². The molecule has 2 aromatic carbocycles. The second-order valence-corrected chi connectivity index (χ2v) is 15.5. The van der Waals surface area contributed by atoms with Crippen LogP contribution in [0.4, 0.5) is 4.79 Å². The summed E-state index contributed by atoms with van der Waals surface area (Å²) in [5.41, 5.74) is 2.53. The van der Waals surface area contributed by atoms with Gasteiger partial charge >= 0.3 is 6.03 Å². The molecule has 2 aliphatic heterocycles. The number of rotatable bonds is 14. The zero-order valence-corrected chi connectivity index (χ0v) is 30.8. The van der Waals surface area contributed by atoms with Gasteiger partial charge in [-0.2, -0.15) is 0 Å². The molecule has 0 spiro atoms. The molecule has 6 atom stereocenters. The van der Waals surface area contributed by atoms with Crippen LogP contribution in [0.25, 0.3) is 0 Å². The fourth-order valence-electron chi connectivity index (χ4n) is 8.44. The van der Waals surface area contributed by atoms with Crippen molar-refractivity contribution in [3.63, 3.8) is 0 Å². The first-order chi connectivity index (χ1) is 25.0. The Hall–Kier alpha value is -4.00. The third kappa shape index (κ3) is 7.84. The lowest BCUT2D eigenvalue weighted by Crippen LogP contribution is -2.69. The van der Waals surface area contributed by atoms with Gasteiger partial charge in [0.2, 0.25) is 12.6 Å². The lowest BCUT2D eigenvalue weighted by Gasteiger charge is -2.58. The molecule has 0 radical (unpaired) electrons. The van der Waals surface area contributed by atoms with Gasteiger partial charge in [0.1, 0.15) is 23.1 Å². The third-order valence-electron chi connectivity index (χ3n) is 10.7. The molecule has 2 heterocycles. The minimum absolute atomic E-state index is 0.0120. The van der Waals surface area contributed by atoms with Gasteiger partial charge in [-0.1, -0.05) is 37.1 Å². The molecule has 0 aromatic heterocycles. The predicted molar refractivity (Wildman–Crippen MR) is 195 cm³/mol. The number of aromatic hydroxyl groups is 1. The van der Waals surface area contributed by atoms with Gasteiger partial charge in [0.25, 0.3) is 0 Å². The maximum absolute atomic E-state index is 14.3. The van der Waals surface area contributed by atoms with Crippen LogP contribution in [0, 0.1) is 17.8 Å². The number of hydrogen-bond donors (Lipinski definition) is 5. The number of urea groups is 1. The highest BCUT2D eigenvalue weighted by molar-refractivity contribution is 6.03. The molecule has 0 bridgehead atoms. The van der Waals surface area contributed by atoms with Gasteiger partial charge < -0.3 is 49.7 Å². The topological polar surface area (TPSA) is 163 Å². The Morgan fingerprint density at radius 3 is 2.48 bits per heavy atom. The number of amides is 2. The molecular weight excluding hydrogens is 666 g/mol. The standard InChI is InChI=1S/C40H55N3O9/c1-5-16-43(38(47)41-23-25-12-14-33-34(19-25)50-24-49-33)35-22-31(42-52-39(2,3)4)29-20-26(10-6-8-17-44)28(11-7-9-18-45)36-30-21-27(46)13-15-32(30)51-40(35,48)37(29)36/h12-15,19-21,26,28,35-37,44-46,48H,5-11,16-18,22-24H2,1-4H3,(H,41,47)/t26-,28+,35-,36+,37+,40+/m0/s1. The Kier molecular flexibility index (Phi) is 11.6. The fraction of sp³-hybridized carbons (Fsp3) is 0.600. The number of carbonyl (C=O) groups is 1. The molecule has 12 heteroatoms. The Bertz CT molecular complexity index is 1640. The summed E-state index contributed by atoms with van der Waals surface area (Å²) in [6.45, 7) is 8.70. The first-order valence-corrected chi connectivity index (χ1v) is 18.8. The number of nitrogens with zero attached hydrogens (tertiary/aromatic N) is 2. The van der Waals surface area contributed by atoms with E-state index in [0.717, 1.165) is 42.4 Å². The smallest absolute Gasteiger partial charge is 0.318 e. The van der Waals surface area contributed by atoms with Gasteiger partial charge in [-0.05, 0) is 106 Å². The first kappa shape index (κ1) is 37.7. The summed E-state index contributed by atoms with van der Waals surface area (Å²) in [6, 6.07) is 9.36. The number of allylic oxidation sites excluding steroid dienone is 1. The van der Waals surface area contributed by atoms with E-state index in [2.05, 4.69) is 11.4 Å². The first-order valence-electron chi connectivity index (χ1n) is 18.8. The summed E-state index contributed by atoms with van der Waals surface area (Å²) in [5.74, 6) is -0.859. The van der Waals surface area contributed by atoms with E-state index >= 15 is 0 Å². The van der Waals surface area contributed by atoms with Crippen LogP contribution in [0.3, 0.4) is 0 Å². The molecule has 284 valence electrons. The Balaban J connectivity index is 1.44. The highest BCUT2D eigenvalue weighted by atomic mass is 16.7. The lowest BCUT2D eigenvalue weighted by atomic mass is 9.55. The second kappa shape index (κ2) is 15.9. The molecule has 2 amide bonds. The van der Waals surface area contributed by atoms with Gasteiger partial charge in [0, 0.05) is 44.2 Å². The number of carbonyl (C=O) groups excluding carboxylic acids is 1. The number of nitrogens with one attached hydrogen (secondary N) is 1. The van der Waals surface area contributed by atoms with Crippen molar-refractivity contribution in [1.29, 1.82) is 0 Å². The minimum atomic E-state index is -1.85. The molecule has 2 aromatic rings. The molecule has 0 unspecified atom stereocenters. The number of phenolic OH excluding ortho intramolecular Hbond substituents is 1. The number of aliphatic hydroxyl groups is 3. The summed E-state index contributed by atoms with van der Waals surface area (Å²) in [7, 11) is 0. The van der Waals surface area contributed by atoms with Crippen LogP contribution in [-0.4, -0.2) is 81.1 Å². The van der Waals surface area contributed by atoms with Crippen molar-refractivity contribution in [3.8, 4) is 23.0 Å². The van der Waals surface area contributed by atoms with Crippen molar-refractivity contribution < 1.29 is 44.3 Å². The summed E-state index contributed by atoms with van der Waals surface area (Å²) >= 11 is 0. The molecule has 1 fully saturated rings. The number of fused-ring (bicyclic) bond motifs is 3. The molecular formula is C40H55N3O9. The van der Waals surface area contributed by atoms with Crippen molar-refractivity contribution in [2.45, 2.75) is 109 Å². The number of oxime groups is 1. The maximum atomic E-state index is 14.3. The average molecular weight is 722 g/mol. The molecule has 6 rings (SSSR count). The van der Waals surface area contributed by atoms with Crippen molar-refractivity contribution in [2.24, 2.45) is 22.9 Å². The van der Waals surface area contributed by atoms with Gasteiger partial charge in [0.15, 0.2) is 11.5 Å². The Labute approximate surface area is 306 Å². The zero-order valence-electron chi connectivity index (χ0n) is 30.8. The lowest BCUT2D eigenvalue weighted by molar-refractivity contribution is -0.228. The maximum Gasteiger partial charge on any atom is 0.318 e. The van der Waals surface area contributed by atoms with Gasteiger partial charge in [-0.3, -0.25) is 0 Å². The van der Waals surface area contributed by atoms with Crippen LogP contribution in [0.5, 0.6) is 23.0 Å². The fourth-order valence-corrected chi connectivity index (χ4v) is 8.44. The van der Waals surface area contributed by atoms with Gasteiger partial charge in [0.05, 0.1) is 11.6 Å². The summed E-state index contributed by atoms with van der Waals surface area (Å²) in [4.78, 5) is 22.0. The van der Waals surface area contributed by atoms with E-state index in [0.29, 0.717) is 48.8 Å². The highest BCUT2D eigenvalue weighted by Gasteiger charge is 2.64. The summed E-state index contributed by atoms with van der Waals surface area (Å²) in [5, 5.41) is 51.2. The van der Waals surface area contributed by atoms with Crippen LogP contribution in [0.1, 0.15) is 96.1 Å². The average Bonchev–Trinajstić information content (AvgIpc) is 3.58. The number of hydrogen-bond acceptors (Lipinski definition) is 10. The van der Waals surface area contributed by atoms with Crippen LogP contribution in [0.2, 0.25) is 0 Å². The number of phenols is 1. The zero-order chi connectivity index (χ0) is 37.0. The predicted octanol–water partition coefficient (Wildman–Crippen LogP) is 5.96. The molecule has 5 N–H and O–H groups in total. The second-order valence-electron chi connectivity index (χ2n) is 15.5. The van der Waals surface area contributed by atoms with Gasteiger partial charge in [-0.15, -0.1) is 0 Å². The van der Waals surface area contributed by atoms with Crippen molar-refractivity contribution in [1.82, 2.24) is 10.2 Å². The van der Waals surface area contributed by atoms with Crippen LogP contribution in [0.15, 0.2) is 53.2 Å². The highest BCUT2D eigenvalue weighted by Crippen LogP contribution is 2.60. The summed E-state index contributed by atoms with van der Waals surface area (Å²) < 4.78 is 17.7. The quantitative estimate of drug-likeness (QED) is 0.117. The normalized spacial score (nSPS) is 26.6. The molecule has 2 aliphatic carbocycles. The number of aliphatic hydroxyl groups excluding tert-OH is 2. The van der Waals surface area contributed by atoms with E-state index in [-0.39, 0.29) is 62.5 Å². The van der Waals surface area contributed by atoms with E-state index in [4.69, 9.17) is 24.2 Å². The van der Waals surface area contributed by atoms with E-state index in [1.165, 1.54) is 0 Å². The SMILES string of the molecule is CCCN(C(=O)NCc1ccc2c(c1)OCO2)[C@H]1CC(=NOC(C)(C)C)C2=C[C@H](CCCCO)[C@@H](CCCCO)[C@@H]3c4cc(O)ccc4O[C@@]1(O)[C@H]23. The third-order valence-corrected chi connectivity index (χ3v) is 10.7. The van der Waals surface area contributed by atoms with Crippen molar-refractivity contribution >= 4 is 11.7 Å². The van der Waals surface area contributed by atoms with Crippen molar-refractivity contribution in [2.75, 3.05) is 26.6 Å². The van der Waals surface area contributed by atoms with E-state index < -0.39 is 23.3 Å². The molecule has 1 saturated carbocycles. The van der Waals surface area contributed by atoms with Crippen molar-refractivity contribution in [3.05, 3.63) is 59.2 Å². The molecule has 12 nitrogen and oxygen atoms in total. The van der Waals surface area contributed by atoms with Crippen LogP contribution < -0.4 is 19.5 Å². The minimum Gasteiger partial charge on any atom is -0.508 e. The number of ether oxygens (including phenoxy) is 3. The summed E-state index contributed by atoms with van der Waals surface area (Å²) in [6.07, 6.45) is 7.52. The Morgan fingerprint density at radius 1 is 1.02 bits per heavy atom. The van der Waals surface area contributed by atoms with E-state index in [1.807, 2.05) is 45.9 Å². The number of benzene rings is 2. The Morgan fingerprint density at radius 2 is 1.75 bits per heavy atom. The van der Waals surface area contributed by atoms with Gasteiger partial charge in [-0.25, -0.2) is 4.79 Å². The monoisotopic (exact) mass is 721 g/mol. The largest absolute Gasteiger partial charge is 0.508 e. The molecule has 0 saturated heterocycles. The molecule has 52 heavy (non-hydrogen) atoms. The van der Waals surface area contributed by atoms with E-state index in [1.54, 1.807) is 23.1 Å². The molecule has 4 aliphatic rings. The number of unbranched alkanes of at least 4 members (excludes halogenated alkanes) is 2. The van der Waals surface area contributed by atoms with Crippen LogP contribution >= 0.6 is 0 Å².